The third-order valence-corrected chi connectivity index (χ3v) is 5.51. The third kappa shape index (κ3) is 8.82. The summed E-state index contributed by atoms with van der Waals surface area (Å²) in [5, 5.41) is 0. The molecule has 6 heteroatoms. The SMILES string of the molecule is COc1cc(C)c(/C=C/C(C)=C/C=C/C(C)=C/C(=O)OCCS(C)(=O)=O)c(C)c1C. The van der Waals surface area contributed by atoms with Gasteiger partial charge in [-0.25, -0.2) is 13.2 Å². The van der Waals surface area contributed by atoms with Gasteiger partial charge in [0, 0.05) is 12.3 Å². The number of ether oxygens (including phenoxy) is 2. The minimum atomic E-state index is -3.14. The van der Waals surface area contributed by atoms with Gasteiger partial charge in [-0.3, -0.25) is 0 Å². The summed E-state index contributed by atoms with van der Waals surface area (Å²) in [7, 11) is -1.46. The number of benzene rings is 1. The monoisotopic (exact) mass is 432 g/mol. The Balaban J connectivity index is 2.76. The highest BCUT2D eigenvalue weighted by atomic mass is 32.2. The number of sulfone groups is 1. The molecule has 0 spiro atoms. The van der Waals surface area contributed by atoms with Crippen LogP contribution in [0.15, 0.2) is 47.6 Å². The average molecular weight is 433 g/mol. The van der Waals surface area contributed by atoms with Gasteiger partial charge < -0.3 is 9.47 Å². The van der Waals surface area contributed by atoms with Crippen LogP contribution in [0.1, 0.15) is 36.1 Å². The van der Waals surface area contributed by atoms with E-state index in [-0.39, 0.29) is 12.4 Å². The number of carbonyl (C=O) groups excluding carboxylic acids is 1. The highest BCUT2D eigenvalue weighted by Gasteiger charge is 2.08. The molecular formula is C24H32O5S. The fourth-order valence-corrected chi connectivity index (χ4v) is 3.11. The second-order valence-corrected chi connectivity index (χ2v) is 9.61. The summed E-state index contributed by atoms with van der Waals surface area (Å²) in [6.45, 7) is 9.85. The van der Waals surface area contributed by atoms with Gasteiger partial charge in [0.2, 0.25) is 0 Å². The summed E-state index contributed by atoms with van der Waals surface area (Å²) in [5.74, 6) is 0.166. The molecule has 0 heterocycles. The fraction of sp³-hybridized carbons (Fsp3) is 0.375. The maximum absolute atomic E-state index is 11.7. The number of hydrogen-bond acceptors (Lipinski definition) is 5. The molecule has 0 bridgehead atoms. The summed E-state index contributed by atoms with van der Waals surface area (Å²) < 4.78 is 32.4. The Bertz CT molecular complexity index is 993. The standard InChI is InChI=1S/C24H32O5S/c1-17(11-12-22-19(3)16-23(28-6)21(5)20(22)4)9-8-10-18(2)15-24(25)29-13-14-30(7,26)27/h8-12,15-16H,13-14H2,1-7H3/b10-8+,12-11+,17-9+,18-15+. The van der Waals surface area contributed by atoms with Crippen LogP contribution in [0.3, 0.4) is 0 Å². The van der Waals surface area contributed by atoms with Gasteiger partial charge in [-0.1, -0.05) is 36.0 Å². The molecular weight excluding hydrogens is 400 g/mol. The maximum atomic E-state index is 11.7. The van der Waals surface area contributed by atoms with Crippen molar-refractivity contribution in [1.29, 1.82) is 0 Å². The molecule has 1 aromatic rings. The Labute approximate surface area is 180 Å². The van der Waals surface area contributed by atoms with Crippen molar-refractivity contribution in [3.63, 3.8) is 0 Å². The van der Waals surface area contributed by atoms with Gasteiger partial charge in [-0.15, -0.1) is 0 Å². The minimum absolute atomic E-state index is 0.140. The van der Waals surface area contributed by atoms with E-state index in [1.165, 1.54) is 17.2 Å². The first kappa shape index (κ1) is 25.4. The summed E-state index contributed by atoms with van der Waals surface area (Å²) in [6.07, 6.45) is 12.2. The summed E-state index contributed by atoms with van der Waals surface area (Å²) in [4.78, 5) is 11.7. The van der Waals surface area contributed by atoms with E-state index >= 15 is 0 Å². The van der Waals surface area contributed by atoms with Crippen LogP contribution in [0.25, 0.3) is 6.08 Å². The van der Waals surface area contributed by atoms with Crippen molar-refractivity contribution in [2.45, 2.75) is 34.6 Å². The molecule has 0 saturated carbocycles. The molecule has 1 rings (SSSR count). The molecule has 0 unspecified atom stereocenters. The van der Waals surface area contributed by atoms with Crippen molar-refractivity contribution in [2.24, 2.45) is 0 Å². The molecule has 0 saturated heterocycles. The Kier molecular flexibility index (Phi) is 9.79. The topological polar surface area (TPSA) is 69.7 Å². The van der Waals surface area contributed by atoms with Crippen LogP contribution in [-0.4, -0.2) is 40.1 Å². The van der Waals surface area contributed by atoms with Crippen molar-refractivity contribution in [2.75, 3.05) is 25.7 Å². The zero-order chi connectivity index (χ0) is 22.9. The number of esters is 1. The predicted molar refractivity (Wildman–Crippen MR) is 124 cm³/mol. The van der Waals surface area contributed by atoms with Crippen LogP contribution < -0.4 is 4.74 Å². The average Bonchev–Trinajstić information content (AvgIpc) is 2.63. The van der Waals surface area contributed by atoms with Gasteiger partial charge in [0.1, 0.15) is 12.4 Å². The van der Waals surface area contributed by atoms with Crippen molar-refractivity contribution in [1.82, 2.24) is 0 Å². The van der Waals surface area contributed by atoms with E-state index in [0.717, 1.165) is 28.7 Å². The Hall–Kier alpha value is -2.60. The largest absolute Gasteiger partial charge is 0.496 e. The fourth-order valence-electron chi connectivity index (χ4n) is 2.72. The maximum Gasteiger partial charge on any atom is 0.331 e. The molecule has 0 fully saturated rings. The lowest BCUT2D eigenvalue weighted by molar-refractivity contribution is -0.137. The van der Waals surface area contributed by atoms with Crippen LogP contribution in [0.5, 0.6) is 5.75 Å². The molecule has 0 aromatic heterocycles. The highest BCUT2D eigenvalue weighted by molar-refractivity contribution is 7.90. The van der Waals surface area contributed by atoms with Crippen molar-refractivity contribution in [3.8, 4) is 5.75 Å². The molecule has 5 nitrogen and oxygen atoms in total. The molecule has 0 aliphatic rings. The third-order valence-electron chi connectivity index (χ3n) is 4.60. The van der Waals surface area contributed by atoms with E-state index < -0.39 is 15.8 Å². The van der Waals surface area contributed by atoms with E-state index in [2.05, 4.69) is 26.8 Å². The lowest BCUT2D eigenvalue weighted by atomic mass is 9.96. The summed E-state index contributed by atoms with van der Waals surface area (Å²) in [6, 6.07) is 2.05. The first-order valence-electron chi connectivity index (χ1n) is 9.65. The van der Waals surface area contributed by atoms with Gasteiger partial charge >= 0.3 is 5.97 Å². The molecule has 0 atom stereocenters. The second-order valence-electron chi connectivity index (χ2n) is 7.35. The summed E-state index contributed by atoms with van der Waals surface area (Å²) in [5.41, 5.74) is 6.43. The van der Waals surface area contributed by atoms with Gasteiger partial charge in [0.15, 0.2) is 9.84 Å². The summed E-state index contributed by atoms with van der Waals surface area (Å²) >= 11 is 0. The number of carbonyl (C=O) groups is 1. The molecule has 1 aromatic carbocycles. The van der Waals surface area contributed by atoms with Crippen LogP contribution in [0.4, 0.5) is 0 Å². The van der Waals surface area contributed by atoms with Crippen LogP contribution in [0, 0.1) is 20.8 Å². The van der Waals surface area contributed by atoms with E-state index in [4.69, 9.17) is 9.47 Å². The number of hydrogen-bond donors (Lipinski definition) is 0. The molecule has 0 aliphatic carbocycles. The highest BCUT2D eigenvalue weighted by Crippen LogP contribution is 2.28. The quantitative estimate of drug-likeness (QED) is 0.322. The molecule has 164 valence electrons. The van der Waals surface area contributed by atoms with Gasteiger partial charge in [-0.05, 0) is 68.5 Å². The lowest BCUT2D eigenvalue weighted by Crippen LogP contribution is -2.13. The molecule has 0 amide bonds. The van der Waals surface area contributed by atoms with E-state index in [1.54, 1.807) is 20.1 Å². The minimum Gasteiger partial charge on any atom is -0.496 e. The zero-order valence-electron chi connectivity index (χ0n) is 18.9. The Morgan fingerprint density at radius 2 is 1.73 bits per heavy atom. The first-order chi connectivity index (χ1) is 13.9. The molecule has 0 N–H and O–H groups in total. The normalized spacial score (nSPS) is 13.3. The first-order valence-corrected chi connectivity index (χ1v) is 11.7. The van der Waals surface area contributed by atoms with E-state index in [1.807, 2.05) is 31.2 Å². The number of aryl methyl sites for hydroxylation is 1. The Morgan fingerprint density at radius 3 is 2.33 bits per heavy atom. The predicted octanol–water partition coefficient (Wildman–Crippen LogP) is 4.67. The smallest absolute Gasteiger partial charge is 0.331 e. The van der Waals surface area contributed by atoms with Crippen molar-refractivity contribution in [3.05, 3.63) is 69.8 Å². The van der Waals surface area contributed by atoms with Crippen LogP contribution in [0.2, 0.25) is 0 Å². The van der Waals surface area contributed by atoms with E-state index in [9.17, 15) is 13.2 Å². The molecule has 0 radical (unpaired) electrons. The Morgan fingerprint density at radius 1 is 1.07 bits per heavy atom. The van der Waals surface area contributed by atoms with Crippen molar-refractivity contribution >= 4 is 21.9 Å². The van der Waals surface area contributed by atoms with E-state index in [0.29, 0.717) is 5.57 Å². The molecule has 30 heavy (non-hydrogen) atoms. The molecule has 0 aliphatic heterocycles. The van der Waals surface area contributed by atoms with Gasteiger partial charge in [-0.2, -0.15) is 0 Å². The van der Waals surface area contributed by atoms with Crippen LogP contribution in [-0.2, 0) is 19.4 Å². The number of methoxy groups -OCH3 is 1. The zero-order valence-corrected chi connectivity index (χ0v) is 19.7. The van der Waals surface area contributed by atoms with Crippen LogP contribution >= 0.6 is 0 Å². The lowest BCUT2D eigenvalue weighted by Gasteiger charge is -2.13. The van der Waals surface area contributed by atoms with Gasteiger partial charge in [0.25, 0.3) is 0 Å². The van der Waals surface area contributed by atoms with Crippen molar-refractivity contribution < 1.29 is 22.7 Å². The number of allylic oxidation sites excluding steroid dienone is 6. The second kappa shape index (κ2) is 11.6. The van der Waals surface area contributed by atoms with Gasteiger partial charge in [0.05, 0.1) is 12.9 Å². The number of rotatable bonds is 9.